The van der Waals surface area contributed by atoms with Gasteiger partial charge < -0.3 is 19.5 Å². The number of benzene rings is 1. The minimum absolute atomic E-state index is 0.0668. The standard InChI is InChI=1S/C19H20F3N3O5/c1-4-18(23,30-17(27)19(20,21)22)16(26)25-14-6-5-7-15(24-14)29-12-9-8-11(2)13(10-12)28-3/h5-10H,4,23H2,1-3H3,(H,24,25,26)/t18-/m1/s1. The van der Waals surface area contributed by atoms with Crippen LogP contribution >= 0.6 is 0 Å². The molecule has 1 atom stereocenters. The summed E-state index contributed by atoms with van der Waals surface area (Å²) >= 11 is 0. The van der Waals surface area contributed by atoms with Crippen molar-refractivity contribution in [1.82, 2.24) is 4.98 Å². The molecule has 0 saturated heterocycles. The fourth-order valence-electron chi connectivity index (χ4n) is 2.25. The van der Waals surface area contributed by atoms with Crippen molar-refractivity contribution in [2.75, 3.05) is 12.4 Å². The molecule has 1 heterocycles. The van der Waals surface area contributed by atoms with Crippen molar-refractivity contribution < 1.29 is 37.0 Å². The van der Waals surface area contributed by atoms with Gasteiger partial charge in [-0.3, -0.25) is 10.5 Å². The fourth-order valence-corrected chi connectivity index (χ4v) is 2.25. The predicted molar refractivity (Wildman–Crippen MR) is 100 cm³/mol. The molecule has 2 rings (SSSR count). The van der Waals surface area contributed by atoms with Gasteiger partial charge >= 0.3 is 12.1 Å². The van der Waals surface area contributed by atoms with Crippen LogP contribution in [0.4, 0.5) is 19.0 Å². The quantitative estimate of drug-likeness (QED) is 0.515. The normalized spacial score (nSPS) is 13.2. The van der Waals surface area contributed by atoms with Crippen LogP contribution in [0.5, 0.6) is 17.4 Å². The number of rotatable bonds is 7. The molecule has 0 aliphatic rings. The summed E-state index contributed by atoms with van der Waals surface area (Å²) in [6, 6.07) is 9.46. The van der Waals surface area contributed by atoms with Crippen LogP contribution in [-0.2, 0) is 14.3 Å². The number of nitrogens with zero attached hydrogens (tertiary/aromatic N) is 1. The smallest absolute Gasteiger partial charge is 0.491 e. The zero-order valence-corrected chi connectivity index (χ0v) is 16.4. The molecule has 0 bridgehead atoms. The minimum Gasteiger partial charge on any atom is -0.496 e. The van der Waals surface area contributed by atoms with Crippen LogP contribution in [0.1, 0.15) is 18.9 Å². The zero-order valence-electron chi connectivity index (χ0n) is 16.4. The van der Waals surface area contributed by atoms with Crippen LogP contribution in [-0.4, -0.2) is 35.9 Å². The molecule has 1 aromatic carbocycles. The summed E-state index contributed by atoms with van der Waals surface area (Å²) < 4.78 is 52.3. The molecule has 11 heteroatoms. The van der Waals surface area contributed by atoms with Gasteiger partial charge in [-0.05, 0) is 24.6 Å². The molecule has 3 N–H and O–H groups in total. The number of carbonyl (C=O) groups is 2. The van der Waals surface area contributed by atoms with E-state index in [1.165, 1.54) is 32.2 Å². The van der Waals surface area contributed by atoms with E-state index in [0.29, 0.717) is 11.5 Å². The van der Waals surface area contributed by atoms with Gasteiger partial charge in [-0.2, -0.15) is 18.2 Å². The van der Waals surface area contributed by atoms with E-state index in [1.54, 1.807) is 18.2 Å². The van der Waals surface area contributed by atoms with Crippen molar-refractivity contribution >= 4 is 17.7 Å². The van der Waals surface area contributed by atoms with E-state index in [4.69, 9.17) is 15.2 Å². The first kappa shape index (κ1) is 22.9. The topological polar surface area (TPSA) is 113 Å². The molecular formula is C19H20F3N3O5. The van der Waals surface area contributed by atoms with E-state index in [2.05, 4.69) is 15.0 Å². The highest BCUT2D eigenvalue weighted by Crippen LogP contribution is 2.28. The summed E-state index contributed by atoms with van der Waals surface area (Å²) in [5.74, 6) is -2.72. The Bertz CT molecular complexity index is 936. The molecule has 30 heavy (non-hydrogen) atoms. The number of ether oxygens (including phenoxy) is 3. The number of aryl methyl sites for hydroxylation is 1. The van der Waals surface area contributed by atoms with Crippen molar-refractivity contribution in [2.24, 2.45) is 5.73 Å². The average molecular weight is 427 g/mol. The number of hydrogen-bond donors (Lipinski definition) is 2. The second kappa shape index (κ2) is 8.99. The van der Waals surface area contributed by atoms with Crippen molar-refractivity contribution in [3.8, 4) is 17.4 Å². The molecule has 0 unspecified atom stereocenters. The minimum atomic E-state index is -5.29. The van der Waals surface area contributed by atoms with Crippen LogP contribution in [0, 0.1) is 6.92 Å². The maximum absolute atomic E-state index is 12.4. The molecule has 8 nitrogen and oxygen atoms in total. The number of anilines is 1. The Morgan fingerprint density at radius 3 is 2.50 bits per heavy atom. The number of esters is 1. The lowest BCUT2D eigenvalue weighted by Gasteiger charge is -2.26. The van der Waals surface area contributed by atoms with Gasteiger partial charge in [-0.15, -0.1) is 0 Å². The predicted octanol–water partition coefficient (Wildman–Crippen LogP) is 3.30. The molecule has 0 radical (unpaired) electrons. The Morgan fingerprint density at radius 2 is 1.90 bits per heavy atom. The molecule has 2 aromatic rings. The summed E-state index contributed by atoms with van der Waals surface area (Å²) in [6.45, 7) is 3.15. The molecule has 1 aromatic heterocycles. The lowest BCUT2D eigenvalue weighted by Crippen LogP contribution is -2.55. The van der Waals surface area contributed by atoms with Gasteiger partial charge in [-0.1, -0.05) is 19.1 Å². The Hall–Kier alpha value is -3.34. The van der Waals surface area contributed by atoms with Gasteiger partial charge in [0.05, 0.1) is 7.11 Å². The third-order valence-corrected chi connectivity index (χ3v) is 3.98. The average Bonchev–Trinajstić information content (AvgIpc) is 2.68. The monoisotopic (exact) mass is 427 g/mol. The number of alkyl halides is 3. The summed E-state index contributed by atoms with van der Waals surface area (Å²) in [5, 5.41) is 2.22. The first-order valence-electron chi connectivity index (χ1n) is 8.68. The van der Waals surface area contributed by atoms with E-state index in [9.17, 15) is 22.8 Å². The number of hydrogen-bond acceptors (Lipinski definition) is 7. The van der Waals surface area contributed by atoms with E-state index in [-0.39, 0.29) is 11.7 Å². The van der Waals surface area contributed by atoms with Gasteiger partial charge in [0.1, 0.15) is 17.3 Å². The zero-order chi connectivity index (χ0) is 22.5. The number of pyridine rings is 1. The fraction of sp³-hybridized carbons (Fsp3) is 0.316. The molecule has 0 aliphatic heterocycles. The van der Waals surface area contributed by atoms with Gasteiger partial charge in [-0.25, -0.2) is 4.79 Å². The van der Waals surface area contributed by atoms with Crippen LogP contribution in [0.3, 0.4) is 0 Å². The maximum Gasteiger partial charge on any atom is 0.491 e. The highest BCUT2D eigenvalue weighted by atomic mass is 19.4. The molecule has 0 saturated carbocycles. The number of aromatic nitrogens is 1. The lowest BCUT2D eigenvalue weighted by molar-refractivity contribution is -0.213. The summed E-state index contributed by atoms with van der Waals surface area (Å²) in [4.78, 5) is 27.5. The van der Waals surface area contributed by atoms with E-state index < -0.39 is 30.2 Å². The van der Waals surface area contributed by atoms with Crippen LogP contribution in [0.25, 0.3) is 0 Å². The van der Waals surface area contributed by atoms with Gasteiger partial charge in [0.15, 0.2) is 0 Å². The van der Waals surface area contributed by atoms with Crippen molar-refractivity contribution in [1.29, 1.82) is 0 Å². The Balaban J connectivity index is 2.15. The summed E-state index contributed by atoms with van der Waals surface area (Å²) in [7, 11) is 1.51. The summed E-state index contributed by atoms with van der Waals surface area (Å²) in [5.41, 5.74) is 3.93. The van der Waals surface area contributed by atoms with E-state index in [0.717, 1.165) is 5.56 Å². The number of amides is 1. The third kappa shape index (κ3) is 5.60. The van der Waals surface area contributed by atoms with Crippen molar-refractivity contribution in [3.63, 3.8) is 0 Å². The molecular weight excluding hydrogens is 407 g/mol. The lowest BCUT2D eigenvalue weighted by atomic mass is 10.1. The molecule has 0 aliphatic carbocycles. The second-order valence-electron chi connectivity index (χ2n) is 6.18. The van der Waals surface area contributed by atoms with Crippen LogP contribution in [0.15, 0.2) is 36.4 Å². The highest BCUT2D eigenvalue weighted by molar-refractivity contribution is 5.97. The van der Waals surface area contributed by atoms with Gasteiger partial charge in [0.2, 0.25) is 11.6 Å². The Morgan fingerprint density at radius 1 is 1.20 bits per heavy atom. The number of methoxy groups -OCH3 is 1. The number of nitrogens with two attached hydrogens (primary N) is 1. The first-order valence-corrected chi connectivity index (χ1v) is 8.68. The maximum atomic E-state index is 12.4. The third-order valence-electron chi connectivity index (χ3n) is 3.98. The first-order chi connectivity index (χ1) is 14.0. The number of nitrogens with one attached hydrogen (secondary N) is 1. The van der Waals surface area contributed by atoms with E-state index >= 15 is 0 Å². The van der Waals surface area contributed by atoms with Gasteiger partial charge in [0, 0.05) is 18.6 Å². The van der Waals surface area contributed by atoms with E-state index in [1.807, 2.05) is 6.92 Å². The number of halogens is 3. The Labute approximate surface area is 170 Å². The highest BCUT2D eigenvalue weighted by Gasteiger charge is 2.47. The largest absolute Gasteiger partial charge is 0.496 e. The van der Waals surface area contributed by atoms with Crippen LogP contribution < -0.4 is 20.5 Å². The SMILES string of the molecule is CC[C@@](N)(OC(=O)C(F)(F)F)C(=O)Nc1cccc(Oc2ccc(C)c(OC)c2)n1. The van der Waals surface area contributed by atoms with Crippen LogP contribution in [0.2, 0.25) is 0 Å². The second-order valence-corrected chi connectivity index (χ2v) is 6.18. The molecule has 162 valence electrons. The molecule has 0 fully saturated rings. The summed E-state index contributed by atoms with van der Waals surface area (Å²) in [6.07, 6.45) is -5.69. The number of carbonyl (C=O) groups excluding carboxylic acids is 2. The Kier molecular flexibility index (Phi) is 6.88. The molecule has 1 amide bonds. The van der Waals surface area contributed by atoms with Crippen molar-refractivity contribution in [3.05, 3.63) is 42.0 Å². The van der Waals surface area contributed by atoms with Gasteiger partial charge in [0.25, 0.3) is 5.91 Å². The molecule has 0 spiro atoms. The van der Waals surface area contributed by atoms with Crippen molar-refractivity contribution in [2.45, 2.75) is 32.2 Å².